The lowest BCUT2D eigenvalue weighted by Crippen LogP contribution is -2.36. The number of aryl methyl sites for hydroxylation is 1. The lowest BCUT2D eigenvalue weighted by Gasteiger charge is -2.23. The molecule has 31 heavy (non-hydrogen) atoms. The monoisotopic (exact) mass is 457 g/mol. The van der Waals surface area contributed by atoms with Gasteiger partial charge in [0.2, 0.25) is 17.8 Å². The van der Waals surface area contributed by atoms with Crippen molar-refractivity contribution in [2.45, 2.75) is 19.3 Å². The Bertz CT molecular complexity index is 1220. The maximum atomic E-state index is 12.8. The molecule has 1 aliphatic rings. The summed E-state index contributed by atoms with van der Waals surface area (Å²) in [5.74, 6) is -1.75. The number of nitrogens with one attached hydrogen (secondary N) is 4. The summed E-state index contributed by atoms with van der Waals surface area (Å²) in [6.07, 6.45) is -0.161. The molecule has 0 aliphatic carbocycles. The molecule has 0 fully saturated rings. The quantitative estimate of drug-likeness (QED) is 0.468. The highest BCUT2D eigenvalue weighted by molar-refractivity contribution is 6.35. The highest BCUT2D eigenvalue weighted by Gasteiger charge is 2.34. The van der Waals surface area contributed by atoms with Gasteiger partial charge in [0, 0.05) is 27.8 Å². The van der Waals surface area contributed by atoms with E-state index in [1.54, 1.807) is 30.3 Å². The van der Waals surface area contributed by atoms with Crippen LogP contribution in [0.2, 0.25) is 10.0 Å². The van der Waals surface area contributed by atoms with Crippen molar-refractivity contribution in [1.82, 2.24) is 9.97 Å². The van der Waals surface area contributed by atoms with Gasteiger partial charge in [-0.1, -0.05) is 40.9 Å². The average molecular weight is 458 g/mol. The molecule has 158 valence electrons. The van der Waals surface area contributed by atoms with Gasteiger partial charge in [-0.2, -0.15) is 4.98 Å². The van der Waals surface area contributed by atoms with Crippen LogP contribution in [0.5, 0.6) is 0 Å². The summed E-state index contributed by atoms with van der Waals surface area (Å²) >= 11 is 12.0. The number of nitrogens with zero attached hydrogens (tertiary/aromatic N) is 1. The summed E-state index contributed by atoms with van der Waals surface area (Å²) in [4.78, 5) is 44.7. The third-order valence-corrected chi connectivity index (χ3v) is 5.15. The summed E-state index contributed by atoms with van der Waals surface area (Å²) in [6.45, 7) is 1.93. The molecule has 2 amide bonds. The second-order valence-corrected chi connectivity index (χ2v) is 7.99. The SMILES string of the molecule is Cc1ccc(NC(=O)[C@H]2CC(=O)Nc3nc(Nc4cc(Cl)cc(Cl)c4)[nH]c(=O)c32)cc1. The first kappa shape index (κ1) is 20.9. The smallest absolute Gasteiger partial charge is 0.258 e. The molecule has 1 atom stereocenters. The molecule has 0 radical (unpaired) electrons. The summed E-state index contributed by atoms with van der Waals surface area (Å²) in [5, 5.41) is 9.01. The number of carbonyl (C=O) groups excluding carboxylic acids is 2. The molecule has 2 aromatic carbocycles. The third kappa shape index (κ3) is 4.70. The Labute approximate surface area is 187 Å². The second-order valence-electron chi connectivity index (χ2n) is 7.12. The maximum absolute atomic E-state index is 12.8. The number of rotatable bonds is 4. The number of aromatic amines is 1. The van der Waals surface area contributed by atoms with E-state index >= 15 is 0 Å². The topological polar surface area (TPSA) is 116 Å². The van der Waals surface area contributed by atoms with Gasteiger partial charge in [0.1, 0.15) is 5.82 Å². The number of hydrogen-bond acceptors (Lipinski definition) is 5. The molecule has 1 aliphatic heterocycles. The van der Waals surface area contributed by atoms with E-state index in [2.05, 4.69) is 25.9 Å². The summed E-state index contributed by atoms with van der Waals surface area (Å²) in [7, 11) is 0. The molecule has 2 heterocycles. The predicted molar refractivity (Wildman–Crippen MR) is 120 cm³/mol. The number of fused-ring (bicyclic) bond motifs is 1. The molecular formula is C21H17Cl2N5O3. The molecule has 1 aromatic heterocycles. The van der Waals surface area contributed by atoms with Crippen LogP contribution in [-0.4, -0.2) is 21.8 Å². The Hall–Kier alpha value is -3.36. The highest BCUT2D eigenvalue weighted by Crippen LogP contribution is 2.31. The van der Waals surface area contributed by atoms with E-state index in [4.69, 9.17) is 23.2 Å². The molecule has 0 bridgehead atoms. The fourth-order valence-electron chi connectivity index (χ4n) is 3.28. The highest BCUT2D eigenvalue weighted by atomic mass is 35.5. The number of hydrogen-bond donors (Lipinski definition) is 4. The first-order chi connectivity index (χ1) is 14.8. The fourth-order valence-corrected chi connectivity index (χ4v) is 3.81. The Morgan fingerprint density at radius 2 is 1.74 bits per heavy atom. The molecule has 4 N–H and O–H groups in total. The molecule has 0 spiro atoms. The van der Waals surface area contributed by atoms with Crippen LogP contribution < -0.4 is 21.5 Å². The van der Waals surface area contributed by atoms with Gasteiger partial charge in [0.05, 0.1) is 11.5 Å². The van der Waals surface area contributed by atoms with Gasteiger partial charge in [0.25, 0.3) is 5.56 Å². The third-order valence-electron chi connectivity index (χ3n) is 4.71. The zero-order chi connectivity index (χ0) is 22.1. The van der Waals surface area contributed by atoms with Gasteiger partial charge in [-0.25, -0.2) is 0 Å². The average Bonchev–Trinajstić information content (AvgIpc) is 2.68. The number of halogens is 2. The molecule has 0 unspecified atom stereocenters. The Balaban J connectivity index is 1.64. The van der Waals surface area contributed by atoms with Crippen LogP contribution in [0.3, 0.4) is 0 Å². The van der Waals surface area contributed by atoms with Crippen LogP contribution in [0.1, 0.15) is 23.5 Å². The van der Waals surface area contributed by atoms with Crippen LogP contribution in [-0.2, 0) is 9.59 Å². The van der Waals surface area contributed by atoms with Crippen molar-refractivity contribution in [3.05, 3.63) is 74.0 Å². The normalized spacial score (nSPS) is 15.1. The minimum atomic E-state index is -0.976. The summed E-state index contributed by atoms with van der Waals surface area (Å²) in [6, 6.07) is 12.0. The molecule has 10 heteroatoms. The van der Waals surface area contributed by atoms with Crippen molar-refractivity contribution < 1.29 is 9.59 Å². The van der Waals surface area contributed by atoms with Gasteiger partial charge >= 0.3 is 0 Å². The van der Waals surface area contributed by atoms with Gasteiger partial charge in [-0.15, -0.1) is 0 Å². The van der Waals surface area contributed by atoms with Gasteiger partial charge < -0.3 is 16.0 Å². The zero-order valence-corrected chi connectivity index (χ0v) is 17.8. The standard InChI is InChI=1S/C21H17Cl2N5O3/c1-10-2-4-13(5-3-10)24-19(30)15-9-16(29)26-18-17(15)20(31)28-21(27-18)25-14-7-11(22)6-12(23)8-14/h2-8,15H,9H2,1H3,(H,24,30)(H3,25,26,27,28,29,31)/t15-/m0/s1. The van der Waals surface area contributed by atoms with Crippen molar-refractivity contribution >= 4 is 58.2 Å². The van der Waals surface area contributed by atoms with E-state index in [0.29, 0.717) is 21.4 Å². The molecular weight excluding hydrogens is 441 g/mol. The van der Waals surface area contributed by atoms with Crippen molar-refractivity contribution in [1.29, 1.82) is 0 Å². The van der Waals surface area contributed by atoms with Gasteiger partial charge in [-0.3, -0.25) is 19.4 Å². The maximum Gasteiger partial charge on any atom is 0.258 e. The van der Waals surface area contributed by atoms with E-state index < -0.39 is 23.3 Å². The van der Waals surface area contributed by atoms with Crippen LogP contribution in [0.15, 0.2) is 47.3 Å². The molecule has 0 saturated carbocycles. The number of H-pyrrole nitrogens is 1. The fraction of sp³-hybridized carbons (Fsp3) is 0.143. The number of carbonyl (C=O) groups is 2. The minimum absolute atomic E-state index is 0.0275. The van der Waals surface area contributed by atoms with E-state index in [9.17, 15) is 14.4 Å². The Kier molecular flexibility index (Phi) is 5.67. The number of benzene rings is 2. The summed E-state index contributed by atoms with van der Waals surface area (Å²) in [5.41, 5.74) is 1.67. The molecule has 3 aromatic rings. The predicted octanol–water partition coefficient (Wildman–Crippen LogP) is 4.19. The van der Waals surface area contributed by atoms with Gasteiger partial charge in [-0.05, 0) is 37.3 Å². The number of amides is 2. The van der Waals surface area contributed by atoms with E-state index in [0.717, 1.165) is 5.56 Å². The number of aromatic nitrogens is 2. The Morgan fingerprint density at radius 1 is 1.06 bits per heavy atom. The van der Waals surface area contributed by atoms with Gasteiger partial charge in [0.15, 0.2) is 0 Å². The lowest BCUT2D eigenvalue weighted by molar-refractivity contribution is -0.123. The van der Waals surface area contributed by atoms with E-state index in [1.165, 1.54) is 0 Å². The molecule has 0 saturated heterocycles. The second kappa shape index (κ2) is 8.41. The summed E-state index contributed by atoms with van der Waals surface area (Å²) < 4.78 is 0. The van der Waals surface area contributed by atoms with Crippen molar-refractivity contribution in [2.75, 3.05) is 16.0 Å². The zero-order valence-electron chi connectivity index (χ0n) is 16.3. The van der Waals surface area contributed by atoms with Crippen LogP contribution in [0, 0.1) is 6.92 Å². The van der Waals surface area contributed by atoms with Crippen molar-refractivity contribution in [2.24, 2.45) is 0 Å². The van der Waals surface area contributed by atoms with Crippen molar-refractivity contribution in [3.63, 3.8) is 0 Å². The van der Waals surface area contributed by atoms with Crippen LogP contribution in [0.25, 0.3) is 0 Å². The van der Waals surface area contributed by atoms with Crippen molar-refractivity contribution in [3.8, 4) is 0 Å². The molecule has 4 rings (SSSR count). The minimum Gasteiger partial charge on any atom is -0.326 e. The van der Waals surface area contributed by atoms with Crippen LogP contribution >= 0.6 is 23.2 Å². The molecule has 8 nitrogen and oxygen atoms in total. The number of anilines is 4. The first-order valence-corrected chi connectivity index (χ1v) is 10.1. The van der Waals surface area contributed by atoms with E-state index in [1.807, 2.05) is 19.1 Å². The lowest BCUT2D eigenvalue weighted by atomic mass is 9.92. The first-order valence-electron chi connectivity index (χ1n) is 9.33. The largest absolute Gasteiger partial charge is 0.326 e. The van der Waals surface area contributed by atoms with E-state index in [-0.39, 0.29) is 23.8 Å². The van der Waals surface area contributed by atoms with Crippen LogP contribution in [0.4, 0.5) is 23.1 Å². The Morgan fingerprint density at radius 3 is 2.42 bits per heavy atom.